The van der Waals surface area contributed by atoms with E-state index < -0.39 is 16.7 Å². The van der Waals surface area contributed by atoms with Gasteiger partial charge in [-0.05, 0) is 30.5 Å². The first-order valence-corrected chi connectivity index (χ1v) is 7.90. The van der Waals surface area contributed by atoms with Gasteiger partial charge in [-0.25, -0.2) is 0 Å². The Morgan fingerprint density at radius 1 is 1.15 bits per heavy atom. The molecular formula is C18H19N3O5. The molecule has 0 aliphatic carbocycles. The fourth-order valence-corrected chi connectivity index (χ4v) is 2.46. The van der Waals surface area contributed by atoms with E-state index in [9.17, 15) is 19.7 Å². The second-order valence-electron chi connectivity index (χ2n) is 5.51. The molecule has 0 aliphatic rings. The molecule has 2 N–H and O–H groups in total. The van der Waals surface area contributed by atoms with E-state index in [1.807, 2.05) is 32.0 Å². The van der Waals surface area contributed by atoms with Crippen molar-refractivity contribution in [2.24, 2.45) is 0 Å². The van der Waals surface area contributed by atoms with E-state index in [1.165, 1.54) is 19.2 Å². The van der Waals surface area contributed by atoms with Gasteiger partial charge in [-0.3, -0.25) is 19.7 Å². The van der Waals surface area contributed by atoms with Crippen molar-refractivity contribution in [3.05, 3.63) is 57.6 Å². The van der Waals surface area contributed by atoms with Crippen molar-refractivity contribution in [1.29, 1.82) is 0 Å². The number of non-ortho nitro benzene ring substituents is 1. The minimum absolute atomic E-state index is 0.0438. The molecule has 0 aromatic heterocycles. The summed E-state index contributed by atoms with van der Waals surface area (Å²) in [7, 11) is 1.36. The van der Waals surface area contributed by atoms with E-state index in [1.54, 1.807) is 0 Å². The van der Waals surface area contributed by atoms with Crippen LogP contribution < -0.4 is 15.4 Å². The van der Waals surface area contributed by atoms with Gasteiger partial charge in [-0.15, -0.1) is 0 Å². The minimum atomic E-state index is -0.950. The third-order valence-corrected chi connectivity index (χ3v) is 3.83. The molecule has 0 bridgehead atoms. The summed E-state index contributed by atoms with van der Waals surface area (Å²) in [6, 6.07) is 9.30. The second kappa shape index (κ2) is 8.11. The number of nitro groups is 1. The molecule has 136 valence electrons. The molecule has 26 heavy (non-hydrogen) atoms. The summed E-state index contributed by atoms with van der Waals surface area (Å²) >= 11 is 0. The van der Waals surface area contributed by atoms with E-state index >= 15 is 0 Å². The van der Waals surface area contributed by atoms with Crippen molar-refractivity contribution in [1.82, 2.24) is 0 Å². The zero-order valence-electron chi connectivity index (χ0n) is 14.7. The lowest BCUT2D eigenvalue weighted by molar-refractivity contribution is -0.384. The Kier molecular flexibility index (Phi) is 5.90. The molecular weight excluding hydrogens is 338 g/mol. The average molecular weight is 357 g/mol. The number of ether oxygens (including phenoxy) is 1. The maximum Gasteiger partial charge on any atom is 0.314 e. The monoisotopic (exact) mass is 357 g/mol. The number of nitrogens with one attached hydrogen (secondary N) is 2. The number of nitrogens with zero attached hydrogens (tertiary/aromatic N) is 1. The number of nitro benzene ring substituents is 1. The second-order valence-corrected chi connectivity index (χ2v) is 5.51. The summed E-state index contributed by atoms with van der Waals surface area (Å²) in [5.74, 6) is -1.61. The number of methoxy groups -OCH3 is 1. The van der Waals surface area contributed by atoms with Gasteiger partial charge < -0.3 is 15.4 Å². The highest BCUT2D eigenvalue weighted by molar-refractivity contribution is 6.44. The van der Waals surface area contributed by atoms with Crippen LogP contribution in [0.4, 0.5) is 17.1 Å². The molecule has 0 atom stereocenters. The van der Waals surface area contributed by atoms with Crippen LogP contribution in [0.1, 0.15) is 18.1 Å². The van der Waals surface area contributed by atoms with Crippen molar-refractivity contribution in [3.63, 3.8) is 0 Å². The molecule has 8 nitrogen and oxygen atoms in total. The predicted octanol–water partition coefficient (Wildman–Crippen LogP) is 3.05. The van der Waals surface area contributed by atoms with Crippen LogP contribution in [-0.4, -0.2) is 23.8 Å². The number of benzene rings is 2. The van der Waals surface area contributed by atoms with E-state index in [0.29, 0.717) is 12.1 Å². The van der Waals surface area contributed by atoms with Crippen molar-refractivity contribution in [3.8, 4) is 5.75 Å². The third-order valence-electron chi connectivity index (χ3n) is 3.83. The number of amides is 2. The predicted molar refractivity (Wildman–Crippen MR) is 97.5 cm³/mol. The number of carbonyl (C=O) groups is 2. The number of hydrogen-bond acceptors (Lipinski definition) is 5. The van der Waals surface area contributed by atoms with E-state index in [4.69, 9.17) is 4.74 Å². The molecule has 0 fully saturated rings. The first-order chi connectivity index (χ1) is 12.4. The Labute approximate surface area is 150 Å². The molecule has 0 heterocycles. The van der Waals surface area contributed by atoms with Gasteiger partial charge in [-0.2, -0.15) is 0 Å². The summed E-state index contributed by atoms with van der Waals surface area (Å²) in [6.45, 7) is 3.77. The maximum absolute atomic E-state index is 12.3. The Hall–Kier alpha value is -3.42. The van der Waals surface area contributed by atoms with Crippen LogP contribution in [0.25, 0.3) is 0 Å². The van der Waals surface area contributed by atoms with Gasteiger partial charge in [0.2, 0.25) is 0 Å². The molecule has 0 spiro atoms. The van der Waals surface area contributed by atoms with E-state index in [2.05, 4.69) is 10.6 Å². The molecule has 0 saturated carbocycles. The van der Waals surface area contributed by atoms with E-state index in [0.717, 1.165) is 17.2 Å². The SMILES string of the molecule is CCc1cccc(C)c1NC(=O)C(=O)Nc1cc([N+](=O)[O-])ccc1OC. The Morgan fingerprint density at radius 2 is 1.85 bits per heavy atom. The lowest BCUT2D eigenvalue weighted by Gasteiger charge is -2.13. The first kappa shape index (κ1) is 18.9. The quantitative estimate of drug-likeness (QED) is 0.485. The van der Waals surface area contributed by atoms with Crippen molar-refractivity contribution < 1.29 is 19.2 Å². The largest absolute Gasteiger partial charge is 0.495 e. The topological polar surface area (TPSA) is 111 Å². The molecule has 2 rings (SSSR count). The summed E-state index contributed by atoms with van der Waals surface area (Å²) in [6.07, 6.45) is 0.692. The summed E-state index contributed by atoms with van der Waals surface area (Å²) < 4.78 is 5.07. The molecule has 2 amide bonds. The van der Waals surface area contributed by atoms with Crippen LogP contribution in [0.3, 0.4) is 0 Å². The van der Waals surface area contributed by atoms with Gasteiger partial charge in [0.1, 0.15) is 5.75 Å². The zero-order valence-corrected chi connectivity index (χ0v) is 14.7. The lowest BCUT2D eigenvalue weighted by atomic mass is 10.1. The standard InChI is InChI=1S/C18H19N3O5/c1-4-12-7-5-6-11(2)16(12)20-18(23)17(22)19-14-10-13(21(24)25)8-9-15(14)26-3/h5-10H,4H2,1-3H3,(H,19,22)(H,20,23). The van der Waals surface area contributed by atoms with Crippen LogP contribution in [-0.2, 0) is 16.0 Å². The number of anilines is 2. The number of carbonyl (C=O) groups excluding carboxylic acids is 2. The van der Waals surface area contributed by atoms with Crippen LogP contribution in [0.15, 0.2) is 36.4 Å². The number of hydrogen-bond donors (Lipinski definition) is 2. The normalized spacial score (nSPS) is 10.1. The van der Waals surface area contributed by atoms with Crippen LogP contribution in [0, 0.1) is 17.0 Å². The van der Waals surface area contributed by atoms with Crippen molar-refractivity contribution in [2.75, 3.05) is 17.7 Å². The fourth-order valence-electron chi connectivity index (χ4n) is 2.46. The van der Waals surface area contributed by atoms with E-state index in [-0.39, 0.29) is 17.1 Å². The van der Waals surface area contributed by atoms with Gasteiger partial charge in [-0.1, -0.05) is 25.1 Å². The molecule has 0 aliphatic heterocycles. The molecule has 2 aromatic rings. The Balaban J connectivity index is 2.21. The highest BCUT2D eigenvalue weighted by Gasteiger charge is 2.20. The summed E-state index contributed by atoms with van der Waals surface area (Å²) in [5, 5.41) is 15.8. The first-order valence-electron chi connectivity index (χ1n) is 7.90. The highest BCUT2D eigenvalue weighted by Crippen LogP contribution is 2.29. The number of aryl methyl sites for hydroxylation is 2. The van der Waals surface area contributed by atoms with Crippen molar-refractivity contribution >= 4 is 28.9 Å². The highest BCUT2D eigenvalue weighted by atomic mass is 16.6. The molecule has 8 heteroatoms. The molecule has 0 radical (unpaired) electrons. The van der Waals surface area contributed by atoms with Crippen LogP contribution in [0.2, 0.25) is 0 Å². The molecule has 0 saturated heterocycles. The summed E-state index contributed by atoms with van der Waals surface area (Å²) in [5.41, 5.74) is 2.13. The van der Waals surface area contributed by atoms with Gasteiger partial charge in [0, 0.05) is 17.8 Å². The van der Waals surface area contributed by atoms with Crippen LogP contribution in [0.5, 0.6) is 5.75 Å². The lowest BCUT2D eigenvalue weighted by Crippen LogP contribution is -2.30. The van der Waals surface area contributed by atoms with Gasteiger partial charge in [0.25, 0.3) is 5.69 Å². The third kappa shape index (κ3) is 4.15. The van der Waals surface area contributed by atoms with Gasteiger partial charge in [0.15, 0.2) is 0 Å². The zero-order chi connectivity index (χ0) is 19.3. The number of rotatable bonds is 5. The van der Waals surface area contributed by atoms with Gasteiger partial charge >= 0.3 is 11.8 Å². The smallest absolute Gasteiger partial charge is 0.314 e. The Morgan fingerprint density at radius 3 is 2.46 bits per heavy atom. The molecule has 2 aromatic carbocycles. The summed E-state index contributed by atoms with van der Waals surface area (Å²) in [4.78, 5) is 34.8. The maximum atomic E-state index is 12.3. The van der Waals surface area contributed by atoms with Gasteiger partial charge in [0.05, 0.1) is 17.7 Å². The Bertz CT molecular complexity index is 864. The number of para-hydroxylation sites is 1. The molecule has 0 unspecified atom stereocenters. The minimum Gasteiger partial charge on any atom is -0.495 e. The van der Waals surface area contributed by atoms with Crippen LogP contribution >= 0.6 is 0 Å². The fraction of sp³-hybridized carbons (Fsp3) is 0.222. The van der Waals surface area contributed by atoms with Crippen molar-refractivity contribution in [2.45, 2.75) is 20.3 Å². The average Bonchev–Trinajstić information content (AvgIpc) is 2.62.